The molecule has 1 amide bonds. The molecule has 1 aromatic carbocycles. The molecule has 18 heavy (non-hydrogen) atoms. The fraction of sp³-hybridized carbons (Fsp3) is 0.333. The Labute approximate surface area is 111 Å². The highest BCUT2D eigenvalue weighted by Crippen LogP contribution is 2.20. The molecule has 0 heterocycles. The number of carbonyl (C=O) groups excluding carboxylic acids is 1. The Morgan fingerprint density at radius 3 is 2.78 bits per heavy atom. The number of amides is 1. The van der Waals surface area contributed by atoms with Crippen LogP contribution in [0, 0.1) is 5.82 Å². The third kappa shape index (κ3) is 3.66. The molecular weight excluding hydrogens is 253 g/mol. The number of benzene rings is 1. The van der Waals surface area contributed by atoms with E-state index in [1.54, 1.807) is 20.2 Å². The predicted molar refractivity (Wildman–Crippen MR) is 74.2 cm³/mol. The molecule has 0 unspecified atom stereocenters. The van der Waals surface area contributed by atoms with Crippen molar-refractivity contribution in [1.29, 1.82) is 0 Å². The van der Waals surface area contributed by atoms with Crippen LogP contribution in [0.25, 0.3) is 0 Å². The van der Waals surface area contributed by atoms with E-state index in [2.05, 4.69) is 5.32 Å². The van der Waals surface area contributed by atoms with Crippen LogP contribution >= 0.6 is 12.2 Å². The Kier molecular flexibility index (Phi) is 5.03. The molecule has 0 aromatic heterocycles. The number of rotatable bonds is 5. The van der Waals surface area contributed by atoms with E-state index in [1.807, 2.05) is 4.90 Å². The SMILES string of the molecule is CNC(=O)CCN(C)c1ccc(F)cc1C(N)=S. The summed E-state index contributed by atoms with van der Waals surface area (Å²) in [4.78, 5) is 13.1. The van der Waals surface area contributed by atoms with Crippen molar-refractivity contribution in [1.82, 2.24) is 5.32 Å². The summed E-state index contributed by atoms with van der Waals surface area (Å²) in [6.45, 7) is 0.501. The molecule has 0 fully saturated rings. The smallest absolute Gasteiger partial charge is 0.221 e. The second-order valence-electron chi connectivity index (χ2n) is 3.87. The maximum atomic E-state index is 13.1. The number of nitrogens with zero attached hydrogens (tertiary/aromatic N) is 1. The number of hydrogen-bond acceptors (Lipinski definition) is 3. The van der Waals surface area contributed by atoms with Gasteiger partial charge in [-0.25, -0.2) is 4.39 Å². The molecule has 1 aromatic rings. The number of thiocarbonyl (C=S) groups is 1. The molecule has 1 rings (SSSR count). The van der Waals surface area contributed by atoms with E-state index in [0.29, 0.717) is 24.2 Å². The topological polar surface area (TPSA) is 58.4 Å². The fourth-order valence-corrected chi connectivity index (χ4v) is 1.72. The van der Waals surface area contributed by atoms with E-state index in [1.165, 1.54) is 12.1 Å². The number of hydrogen-bond donors (Lipinski definition) is 2. The van der Waals surface area contributed by atoms with E-state index in [0.717, 1.165) is 0 Å². The Balaban J connectivity index is 2.88. The molecule has 4 nitrogen and oxygen atoms in total. The van der Waals surface area contributed by atoms with Crippen molar-refractivity contribution in [2.75, 3.05) is 25.5 Å². The molecule has 0 saturated heterocycles. The molecule has 0 aliphatic carbocycles. The van der Waals surface area contributed by atoms with Gasteiger partial charge in [0.2, 0.25) is 5.91 Å². The zero-order chi connectivity index (χ0) is 13.7. The summed E-state index contributed by atoms with van der Waals surface area (Å²) < 4.78 is 13.1. The predicted octanol–water partition coefficient (Wildman–Crippen LogP) is 1.03. The quantitative estimate of drug-likeness (QED) is 0.784. The molecule has 0 atom stereocenters. The van der Waals surface area contributed by atoms with Crippen LogP contribution in [0.3, 0.4) is 0 Å². The van der Waals surface area contributed by atoms with E-state index >= 15 is 0 Å². The van der Waals surface area contributed by atoms with Gasteiger partial charge in [-0.15, -0.1) is 0 Å². The van der Waals surface area contributed by atoms with E-state index < -0.39 is 0 Å². The van der Waals surface area contributed by atoms with Crippen molar-refractivity contribution >= 4 is 28.8 Å². The zero-order valence-electron chi connectivity index (χ0n) is 10.4. The fourth-order valence-electron chi connectivity index (χ4n) is 1.55. The zero-order valence-corrected chi connectivity index (χ0v) is 11.2. The lowest BCUT2D eigenvalue weighted by Crippen LogP contribution is -2.28. The van der Waals surface area contributed by atoms with Gasteiger partial charge in [-0.05, 0) is 18.2 Å². The van der Waals surface area contributed by atoms with Crippen LogP contribution in [0.15, 0.2) is 18.2 Å². The number of anilines is 1. The van der Waals surface area contributed by atoms with Crippen molar-refractivity contribution in [3.05, 3.63) is 29.6 Å². The number of nitrogens with one attached hydrogen (secondary N) is 1. The highest BCUT2D eigenvalue weighted by molar-refractivity contribution is 7.80. The summed E-state index contributed by atoms with van der Waals surface area (Å²) in [5.74, 6) is -0.443. The van der Waals surface area contributed by atoms with Gasteiger partial charge in [-0.3, -0.25) is 4.79 Å². The molecule has 0 saturated carbocycles. The summed E-state index contributed by atoms with van der Waals surface area (Å²) in [7, 11) is 3.39. The first-order chi connectivity index (χ1) is 8.45. The maximum Gasteiger partial charge on any atom is 0.221 e. The highest BCUT2D eigenvalue weighted by atomic mass is 32.1. The highest BCUT2D eigenvalue weighted by Gasteiger charge is 2.11. The molecule has 6 heteroatoms. The monoisotopic (exact) mass is 269 g/mol. The Hall–Kier alpha value is -1.69. The van der Waals surface area contributed by atoms with Crippen LogP contribution in [0.4, 0.5) is 10.1 Å². The minimum Gasteiger partial charge on any atom is -0.389 e. The summed E-state index contributed by atoms with van der Waals surface area (Å²) in [5.41, 5.74) is 6.75. The summed E-state index contributed by atoms with van der Waals surface area (Å²) in [6.07, 6.45) is 0.348. The third-order valence-electron chi connectivity index (χ3n) is 2.59. The molecule has 3 N–H and O–H groups in total. The Morgan fingerprint density at radius 1 is 1.56 bits per heavy atom. The molecule has 0 bridgehead atoms. The second-order valence-corrected chi connectivity index (χ2v) is 4.31. The molecule has 0 radical (unpaired) electrons. The molecule has 0 aliphatic rings. The minimum absolute atomic E-state index is 0.0548. The lowest BCUT2D eigenvalue weighted by atomic mass is 10.1. The van der Waals surface area contributed by atoms with Gasteiger partial charge < -0.3 is 16.0 Å². The van der Waals surface area contributed by atoms with Crippen molar-refractivity contribution in [3.63, 3.8) is 0 Å². The number of nitrogens with two attached hydrogens (primary N) is 1. The lowest BCUT2D eigenvalue weighted by molar-refractivity contribution is -0.120. The first kappa shape index (κ1) is 14.4. The van der Waals surface area contributed by atoms with E-state index in [9.17, 15) is 9.18 Å². The first-order valence-corrected chi connectivity index (χ1v) is 5.87. The summed E-state index contributed by atoms with van der Waals surface area (Å²) >= 11 is 4.89. The van der Waals surface area contributed by atoms with Gasteiger partial charge in [0, 0.05) is 38.3 Å². The summed E-state index contributed by atoms with van der Waals surface area (Å²) in [5, 5.41) is 2.54. The van der Waals surface area contributed by atoms with Gasteiger partial charge in [-0.1, -0.05) is 12.2 Å². The van der Waals surface area contributed by atoms with Crippen molar-refractivity contribution in [2.45, 2.75) is 6.42 Å². The van der Waals surface area contributed by atoms with Crippen molar-refractivity contribution < 1.29 is 9.18 Å². The number of halogens is 1. The summed E-state index contributed by atoms with van der Waals surface area (Å²) in [6, 6.07) is 4.25. The largest absolute Gasteiger partial charge is 0.389 e. The van der Waals surface area contributed by atoms with Crippen LogP contribution in [-0.4, -0.2) is 31.5 Å². The van der Waals surface area contributed by atoms with Crippen LogP contribution < -0.4 is 16.0 Å². The second kappa shape index (κ2) is 6.30. The van der Waals surface area contributed by atoms with E-state index in [-0.39, 0.29) is 16.7 Å². The van der Waals surface area contributed by atoms with Gasteiger partial charge in [0.1, 0.15) is 10.8 Å². The van der Waals surface area contributed by atoms with Crippen molar-refractivity contribution in [3.8, 4) is 0 Å². The van der Waals surface area contributed by atoms with Crippen LogP contribution in [0.2, 0.25) is 0 Å². The first-order valence-electron chi connectivity index (χ1n) is 5.46. The van der Waals surface area contributed by atoms with E-state index in [4.69, 9.17) is 18.0 Å². The molecule has 0 spiro atoms. The normalized spacial score (nSPS) is 9.94. The number of carbonyl (C=O) groups is 1. The standard InChI is InChI=1S/C12H16FN3OS/c1-15-11(17)5-6-16(2)10-4-3-8(13)7-9(10)12(14)18/h3-4,7H,5-6H2,1-2H3,(H2,14,18)(H,15,17). The van der Waals surface area contributed by atoms with Gasteiger partial charge in [0.25, 0.3) is 0 Å². The van der Waals surface area contributed by atoms with Crippen LogP contribution in [0.1, 0.15) is 12.0 Å². The average Bonchev–Trinajstić information content (AvgIpc) is 2.35. The van der Waals surface area contributed by atoms with Gasteiger partial charge in [0.15, 0.2) is 0 Å². The van der Waals surface area contributed by atoms with Gasteiger partial charge in [-0.2, -0.15) is 0 Å². The van der Waals surface area contributed by atoms with Crippen LogP contribution in [0.5, 0.6) is 0 Å². The Morgan fingerprint density at radius 2 is 2.22 bits per heavy atom. The van der Waals surface area contributed by atoms with Crippen LogP contribution in [-0.2, 0) is 4.79 Å². The maximum absolute atomic E-state index is 13.1. The van der Waals surface area contributed by atoms with Gasteiger partial charge >= 0.3 is 0 Å². The minimum atomic E-state index is -0.388. The Bertz CT molecular complexity index is 465. The molecule has 98 valence electrons. The molecule has 0 aliphatic heterocycles. The van der Waals surface area contributed by atoms with Gasteiger partial charge in [0.05, 0.1) is 0 Å². The lowest BCUT2D eigenvalue weighted by Gasteiger charge is -2.21. The average molecular weight is 269 g/mol. The third-order valence-corrected chi connectivity index (χ3v) is 2.81. The molecular formula is C12H16FN3OS. The van der Waals surface area contributed by atoms with Crippen molar-refractivity contribution in [2.24, 2.45) is 5.73 Å².